The van der Waals surface area contributed by atoms with Gasteiger partial charge in [0.15, 0.2) is 0 Å². The predicted octanol–water partition coefficient (Wildman–Crippen LogP) is 0.795. The fourth-order valence-electron chi connectivity index (χ4n) is 0.531. The molecule has 0 aromatic rings. The molecule has 1 fully saturated rings. The summed E-state index contributed by atoms with van der Waals surface area (Å²) in [5.41, 5.74) is 0. The van der Waals surface area contributed by atoms with Gasteiger partial charge in [-0.25, -0.2) is 0 Å². The van der Waals surface area contributed by atoms with E-state index < -0.39 is 0 Å². The van der Waals surface area contributed by atoms with Crippen LogP contribution in [-0.2, 0) is 9.47 Å². The lowest BCUT2D eigenvalue weighted by atomic mass is 10.3. The van der Waals surface area contributed by atoms with E-state index in [0.717, 1.165) is 13.2 Å². The SMILES string of the molecule is COCC(Br)C1CO1. The summed E-state index contributed by atoms with van der Waals surface area (Å²) in [7, 11) is 1.69. The molecule has 1 heterocycles. The quantitative estimate of drug-likeness (QED) is 0.474. The Morgan fingerprint density at radius 2 is 2.62 bits per heavy atom. The maximum Gasteiger partial charge on any atom is 0.0956 e. The number of methoxy groups -OCH3 is 1. The molecule has 0 aliphatic carbocycles. The normalized spacial score (nSPS) is 30.0. The van der Waals surface area contributed by atoms with Gasteiger partial charge in [0.05, 0.1) is 24.1 Å². The Hall–Kier alpha value is 0.400. The molecule has 0 N–H and O–H groups in total. The van der Waals surface area contributed by atoms with Crippen LogP contribution >= 0.6 is 15.9 Å². The van der Waals surface area contributed by atoms with Crippen LogP contribution < -0.4 is 0 Å². The van der Waals surface area contributed by atoms with Gasteiger partial charge in [0.1, 0.15) is 0 Å². The zero-order chi connectivity index (χ0) is 5.98. The van der Waals surface area contributed by atoms with Gasteiger partial charge in [-0.2, -0.15) is 0 Å². The maximum absolute atomic E-state index is 5.00. The van der Waals surface area contributed by atoms with Gasteiger partial charge in [-0.1, -0.05) is 15.9 Å². The van der Waals surface area contributed by atoms with Gasteiger partial charge in [-0.15, -0.1) is 0 Å². The topological polar surface area (TPSA) is 21.8 Å². The Morgan fingerprint density at radius 1 is 2.00 bits per heavy atom. The molecule has 8 heavy (non-hydrogen) atoms. The van der Waals surface area contributed by atoms with Crippen molar-refractivity contribution in [1.82, 2.24) is 0 Å². The zero-order valence-corrected chi connectivity index (χ0v) is 6.35. The van der Waals surface area contributed by atoms with Gasteiger partial charge in [-0.05, 0) is 0 Å². The van der Waals surface area contributed by atoms with Crippen LogP contribution in [0.4, 0.5) is 0 Å². The van der Waals surface area contributed by atoms with Crippen LogP contribution in [0.25, 0.3) is 0 Å². The van der Waals surface area contributed by atoms with Crippen LogP contribution in [-0.4, -0.2) is 31.3 Å². The number of hydrogen-bond acceptors (Lipinski definition) is 2. The summed E-state index contributed by atoms with van der Waals surface area (Å²) in [6.45, 7) is 1.63. The highest BCUT2D eigenvalue weighted by atomic mass is 79.9. The minimum absolute atomic E-state index is 0.396. The molecule has 2 unspecified atom stereocenters. The number of rotatable bonds is 3. The molecule has 0 amide bonds. The summed E-state index contributed by atoms with van der Waals surface area (Å²) in [6.07, 6.45) is 0.412. The molecule has 0 spiro atoms. The van der Waals surface area contributed by atoms with Crippen LogP contribution in [0, 0.1) is 0 Å². The first-order chi connectivity index (χ1) is 3.84. The minimum Gasteiger partial charge on any atom is -0.383 e. The lowest BCUT2D eigenvalue weighted by Crippen LogP contribution is -2.13. The van der Waals surface area contributed by atoms with Gasteiger partial charge < -0.3 is 9.47 Å². The zero-order valence-electron chi connectivity index (χ0n) is 4.76. The summed E-state index contributed by atoms with van der Waals surface area (Å²) in [5, 5.41) is 0. The first-order valence-electron chi connectivity index (χ1n) is 2.59. The third kappa shape index (κ3) is 1.73. The van der Waals surface area contributed by atoms with Crippen molar-refractivity contribution in [2.24, 2.45) is 0 Å². The monoisotopic (exact) mass is 180 g/mol. The molecule has 1 rings (SSSR count). The molecule has 0 aromatic heterocycles. The second kappa shape index (κ2) is 2.80. The van der Waals surface area contributed by atoms with Gasteiger partial charge in [0, 0.05) is 7.11 Å². The molecule has 1 aliphatic heterocycles. The van der Waals surface area contributed by atoms with E-state index in [0.29, 0.717) is 10.9 Å². The lowest BCUT2D eigenvalue weighted by Gasteiger charge is -2.01. The molecular formula is C5H9BrO2. The van der Waals surface area contributed by atoms with E-state index in [2.05, 4.69) is 15.9 Å². The van der Waals surface area contributed by atoms with E-state index in [1.165, 1.54) is 0 Å². The number of ether oxygens (including phenoxy) is 2. The van der Waals surface area contributed by atoms with Gasteiger partial charge >= 0.3 is 0 Å². The minimum atomic E-state index is 0.396. The molecule has 0 bridgehead atoms. The van der Waals surface area contributed by atoms with E-state index in [-0.39, 0.29) is 0 Å². The molecule has 2 nitrogen and oxygen atoms in total. The molecule has 3 heteroatoms. The molecule has 0 aromatic carbocycles. The van der Waals surface area contributed by atoms with Crippen molar-refractivity contribution in [3.63, 3.8) is 0 Å². The summed E-state index contributed by atoms with van der Waals surface area (Å²) in [4.78, 5) is 0.396. The average molecular weight is 181 g/mol. The van der Waals surface area contributed by atoms with Gasteiger partial charge in [0.25, 0.3) is 0 Å². The standard InChI is InChI=1S/C5H9BrO2/c1-7-2-4(6)5-3-8-5/h4-5H,2-3H2,1H3. The van der Waals surface area contributed by atoms with Crippen LogP contribution in [0.15, 0.2) is 0 Å². The van der Waals surface area contributed by atoms with Crippen LogP contribution in [0.2, 0.25) is 0 Å². The number of hydrogen-bond donors (Lipinski definition) is 0. The number of epoxide rings is 1. The summed E-state index contributed by atoms with van der Waals surface area (Å²) >= 11 is 3.41. The Balaban J connectivity index is 2.03. The Labute approximate surface area is 57.3 Å². The Morgan fingerprint density at radius 3 is 3.00 bits per heavy atom. The molecule has 1 saturated heterocycles. The van der Waals surface area contributed by atoms with Crippen molar-refractivity contribution in [3.8, 4) is 0 Å². The highest BCUT2D eigenvalue weighted by Gasteiger charge is 2.30. The van der Waals surface area contributed by atoms with E-state index in [1.807, 2.05) is 0 Å². The molecule has 0 saturated carbocycles. The predicted molar refractivity (Wildman–Crippen MR) is 34.3 cm³/mol. The second-order valence-electron chi connectivity index (χ2n) is 1.84. The van der Waals surface area contributed by atoms with Crippen molar-refractivity contribution < 1.29 is 9.47 Å². The second-order valence-corrected chi connectivity index (χ2v) is 3.02. The van der Waals surface area contributed by atoms with E-state index in [4.69, 9.17) is 9.47 Å². The summed E-state index contributed by atoms with van der Waals surface area (Å²) in [6, 6.07) is 0. The highest BCUT2D eigenvalue weighted by molar-refractivity contribution is 9.09. The van der Waals surface area contributed by atoms with Crippen molar-refractivity contribution in [1.29, 1.82) is 0 Å². The van der Waals surface area contributed by atoms with E-state index >= 15 is 0 Å². The maximum atomic E-state index is 5.00. The van der Waals surface area contributed by atoms with Gasteiger partial charge in [0.2, 0.25) is 0 Å². The first kappa shape index (κ1) is 6.52. The molecule has 0 radical (unpaired) electrons. The van der Waals surface area contributed by atoms with Crippen molar-refractivity contribution in [2.75, 3.05) is 20.3 Å². The number of alkyl halides is 1. The molecule has 48 valence electrons. The van der Waals surface area contributed by atoms with Crippen LogP contribution in [0.5, 0.6) is 0 Å². The van der Waals surface area contributed by atoms with E-state index in [1.54, 1.807) is 7.11 Å². The third-order valence-corrected chi connectivity index (χ3v) is 1.94. The molecular weight excluding hydrogens is 172 g/mol. The molecule has 2 atom stereocenters. The van der Waals surface area contributed by atoms with Crippen LogP contribution in [0.1, 0.15) is 0 Å². The first-order valence-corrected chi connectivity index (χ1v) is 3.51. The van der Waals surface area contributed by atoms with Gasteiger partial charge in [-0.3, -0.25) is 0 Å². The fraction of sp³-hybridized carbons (Fsp3) is 1.00. The molecule has 1 aliphatic rings. The van der Waals surface area contributed by atoms with E-state index in [9.17, 15) is 0 Å². The van der Waals surface area contributed by atoms with Crippen LogP contribution in [0.3, 0.4) is 0 Å². The lowest BCUT2D eigenvalue weighted by molar-refractivity contribution is 0.191. The summed E-state index contributed by atoms with van der Waals surface area (Å²) in [5.74, 6) is 0. The average Bonchev–Trinajstić information content (AvgIpc) is 2.45. The largest absolute Gasteiger partial charge is 0.383 e. The fourth-order valence-corrected chi connectivity index (χ4v) is 1.10. The number of halogens is 1. The van der Waals surface area contributed by atoms with Crippen molar-refractivity contribution in [3.05, 3.63) is 0 Å². The third-order valence-electron chi connectivity index (χ3n) is 1.09. The van der Waals surface area contributed by atoms with Crippen molar-refractivity contribution >= 4 is 15.9 Å². The Bertz CT molecular complexity index is 72.8. The summed E-state index contributed by atoms with van der Waals surface area (Å²) < 4.78 is 9.87. The Kier molecular flexibility index (Phi) is 2.28. The van der Waals surface area contributed by atoms with Crippen molar-refractivity contribution in [2.45, 2.75) is 10.9 Å². The highest BCUT2D eigenvalue weighted by Crippen LogP contribution is 2.20. The smallest absolute Gasteiger partial charge is 0.0956 e.